The molecule has 1 heterocycles. The minimum Gasteiger partial charge on any atom is -0.481 e. The number of rotatable bonds is 6. The van der Waals surface area contributed by atoms with Gasteiger partial charge in [0, 0.05) is 19.2 Å². The van der Waals surface area contributed by atoms with Gasteiger partial charge in [-0.15, -0.1) is 0 Å². The molecule has 0 radical (unpaired) electrons. The zero-order chi connectivity index (χ0) is 14.0. The standard InChI is InChI=1S/C14H19NO4/c1-9-8-19-11(7-12(16)17)13(9)14(18)15(2)6-5-10-3-4-10/h8,10H,3-7H2,1-2H3,(H,16,17). The lowest BCUT2D eigenvalue weighted by Crippen LogP contribution is -2.29. The van der Waals surface area contributed by atoms with Crippen LogP contribution in [0.2, 0.25) is 0 Å². The summed E-state index contributed by atoms with van der Waals surface area (Å²) in [6.07, 6.45) is 4.73. The van der Waals surface area contributed by atoms with Crippen LogP contribution in [0.15, 0.2) is 10.7 Å². The van der Waals surface area contributed by atoms with Crippen LogP contribution < -0.4 is 0 Å². The molecule has 0 aliphatic heterocycles. The lowest BCUT2D eigenvalue weighted by molar-refractivity contribution is -0.136. The highest BCUT2D eigenvalue weighted by molar-refractivity contribution is 5.97. The minimum absolute atomic E-state index is 0.150. The van der Waals surface area contributed by atoms with Crippen LogP contribution in [-0.2, 0) is 11.2 Å². The van der Waals surface area contributed by atoms with Crippen LogP contribution in [0.4, 0.5) is 0 Å². The first kappa shape index (κ1) is 13.6. The molecule has 5 heteroatoms. The number of carbonyl (C=O) groups excluding carboxylic acids is 1. The molecule has 0 saturated heterocycles. The molecule has 1 N–H and O–H groups in total. The third kappa shape index (κ3) is 3.36. The first-order chi connectivity index (χ1) is 8.99. The minimum atomic E-state index is -0.996. The van der Waals surface area contributed by atoms with E-state index in [2.05, 4.69) is 0 Å². The Balaban J connectivity index is 2.07. The van der Waals surface area contributed by atoms with Gasteiger partial charge in [0.1, 0.15) is 12.2 Å². The van der Waals surface area contributed by atoms with Crippen molar-refractivity contribution in [3.05, 3.63) is 23.2 Å². The zero-order valence-corrected chi connectivity index (χ0v) is 11.3. The van der Waals surface area contributed by atoms with Crippen molar-refractivity contribution in [2.45, 2.75) is 32.6 Å². The summed E-state index contributed by atoms with van der Waals surface area (Å²) in [5, 5.41) is 8.82. The maximum atomic E-state index is 12.3. The third-order valence-corrected chi connectivity index (χ3v) is 3.49. The molecule has 0 atom stereocenters. The van der Waals surface area contributed by atoms with E-state index >= 15 is 0 Å². The molecule has 5 nitrogen and oxygen atoms in total. The molecule has 19 heavy (non-hydrogen) atoms. The van der Waals surface area contributed by atoms with Gasteiger partial charge in [0.05, 0.1) is 11.8 Å². The first-order valence-corrected chi connectivity index (χ1v) is 6.53. The van der Waals surface area contributed by atoms with Crippen molar-refractivity contribution in [2.75, 3.05) is 13.6 Å². The molecule has 0 aromatic carbocycles. The fourth-order valence-electron chi connectivity index (χ4n) is 2.13. The number of aliphatic carboxylic acids is 1. The molecule has 1 saturated carbocycles. The van der Waals surface area contributed by atoms with Gasteiger partial charge in [-0.25, -0.2) is 0 Å². The number of furan rings is 1. The molecule has 1 aliphatic rings. The predicted molar refractivity (Wildman–Crippen MR) is 69.1 cm³/mol. The molecule has 0 bridgehead atoms. The fourth-order valence-corrected chi connectivity index (χ4v) is 2.13. The van der Waals surface area contributed by atoms with Gasteiger partial charge in [0.25, 0.3) is 5.91 Å². The van der Waals surface area contributed by atoms with Crippen molar-refractivity contribution >= 4 is 11.9 Å². The Morgan fingerprint density at radius 3 is 2.74 bits per heavy atom. The number of amides is 1. The number of hydrogen-bond donors (Lipinski definition) is 1. The maximum Gasteiger partial charge on any atom is 0.311 e. The Morgan fingerprint density at radius 2 is 2.16 bits per heavy atom. The summed E-state index contributed by atoms with van der Waals surface area (Å²) in [5.74, 6) is -0.139. The molecular formula is C14H19NO4. The monoisotopic (exact) mass is 265 g/mol. The second-order valence-electron chi connectivity index (χ2n) is 5.25. The zero-order valence-electron chi connectivity index (χ0n) is 11.3. The average Bonchev–Trinajstić information content (AvgIpc) is 3.10. The summed E-state index contributed by atoms with van der Waals surface area (Å²) in [5.41, 5.74) is 1.10. The average molecular weight is 265 g/mol. The van der Waals surface area contributed by atoms with Gasteiger partial charge in [-0.05, 0) is 19.3 Å². The van der Waals surface area contributed by atoms with Crippen LogP contribution in [-0.4, -0.2) is 35.5 Å². The van der Waals surface area contributed by atoms with E-state index in [1.165, 1.54) is 19.1 Å². The van der Waals surface area contributed by atoms with E-state index in [9.17, 15) is 9.59 Å². The van der Waals surface area contributed by atoms with Crippen molar-refractivity contribution in [1.82, 2.24) is 4.90 Å². The molecular weight excluding hydrogens is 246 g/mol. The highest BCUT2D eigenvalue weighted by atomic mass is 16.4. The Hall–Kier alpha value is -1.78. The topological polar surface area (TPSA) is 70.7 Å². The molecule has 1 aliphatic carbocycles. The summed E-state index contributed by atoms with van der Waals surface area (Å²) in [6, 6.07) is 0. The fraction of sp³-hybridized carbons (Fsp3) is 0.571. The van der Waals surface area contributed by atoms with Crippen molar-refractivity contribution in [1.29, 1.82) is 0 Å². The molecule has 1 aromatic rings. The quantitative estimate of drug-likeness (QED) is 0.855. The van der Waals surface area contributed by atoms with Crippen LogP contribution in [0, 0.1) is 12.8 Å². The number of hydrogen-bond acceptors (Lipinski definition) is 3. The van der Waals surface area contributed by atoms with E-state index in [1.807, 2.05) is 0 Å². The van der Waals surface area contributed by atoms with Crippen LogP contribution in [0.25, 0.3) is 0 Å². The summed E-state index contributed by atoms with van der Waals surface area (Å²) in [4.78, 5) is 24.8. The Labute approximate surface area is 112 Å². The Bertz CT molecular complexity index is 488. The molecule has 0 unspecified atom stereocenters. The van der Waals surface area contributed by atoms with Crippen molar-refractivity contribution in [2.24, 2.45) is 5.92 Å². The normalized spacial score (nSPS) is 14.4. The second kappa shape index (κ2) is 5.47. The van der Waals surface area contributed by atoms with E-state index < -0.39 is 5.97 Å². The Kier molecular flexibility index (Phi) is 3.93. The number of carboxylic acid groups (broad SMARTS) is 1. The number of carbonyl (C=O) groups is 2. The number of nitrogens with zero attached hydrogens (tertiary/aromatic N) is 1. The summed E-state index contributed by atoms with van der Waals surface area (Å²) >= 11 is 0. The number of aryl methyl sites for hydroxylation is 1. The first-order valence-electron chi connectivity index (χ1n) is 6.53. The van der Waals surface area contributed by atoms with Gasteiger partial charge in [0.15, 0.2) is 0 Å². The van der Waals surface area contributed by atoms with Gasteiger partial charge in [0.2, 0.25) is 0 Å². The molecule has 104 valence electrons. The smallest absolute Gasteiger partial charge is 0.311 e. The van der Waals surface area contributed by atoms with Crippen LogP contribution >= 0.6 is 0 Å². The van der Waals surface area contributed by atoms with Crippen LogP contribution in [0.3, 0.4) is 0 Å². The van der Waals surface area contributed by atoms with Crippen molar-refractivity contribution in [3.63, 3.8) is 0 Å². The highest BCUT2D eigenvalue weighted by Gasteiger charge is 2.25. The summed E-state index contributed by atoms with van der Waals surface area (Å²) in [6.45, 7) is 2.47. The van der Waals surface area contributed by atoms with Crippen LogP contribution in [0.5, 0.6) is 0 Å². The molecule has 1 aromatic heterocycles. The molecule has 0 spiro atoms. The Morgan fingerprint density at radius 1 is 1.47 bits per heavy atom. The largest absolute Gasteiger partial charge is 0.481 e. The summed E-state index contributed by atoms with van der Waals surface area (Å²) in [7, 11) is 1.75. The van der Waals surface area contributed by atoms with Gasteiger partial charge >= 0.3 is 5.97 Å². The highest BCUT2D eigenvalue weighted by Crippen LogP contribution is 2.32. The SMILES string of the molecule is Cc1coc(CC(=O)O)c1C(=O)N(C)CCC1CC1. The van der Waals surface area contributed by atoms with Gasteiger partial charge in [-0.3, -0.25) is 9.59 Å². The molecule has 1 amide bonds. The van der Waals surface area contributed by atoms with Crippen molar-refractivity contribution < 1.29 is 19.1 Å². The maximum absolute atomic E-state index is 12.3. The van der Waals surface area contributed by atoms with Crippen LogP contribution in [0.1, 0.15) is 40.9 Å². The van der Waals surface area contributed by atoms with E-state index in [1.54, 1.807) is 18.9 Å². The van der Waals surface area contributed by atoms with E-state index in [-0.39, 0.29) is 18.1 Å². The van der Waals surface area contributed by atoms with Gasteiger partial charge in [-0.2, -0.15) is 0 Å². The van der Waals surface area contributed by atoms with E-state index in [0.717, 1.165) is 12.3 Å². The summed E-state index contributed by atoms with van der Waals surface area (Å²) < 4.78 is 5.19. The third-order valence-electron chi connectivity index (χ3n) is 3.49. The van der Waals surface area contributed by atoms with E-state index in [0.29, 0.717) is 17.7 Å². The lowest BCUT2D eigenvalue weighted by Gasteiger charge is -2.17. The second-order valence-corrected chi connectivity index (χ2v) is 5.25. The van der Waals surface area contributed by atoms with Gasteiger partial charge < -0.3 is 14.4 Å². The molecule has 1 fully saturated rings. The van der Waals surface area contributed by atoms with Crippen molar-refractivity contribution in [3.8, 4) is 0 Å². The molecule has 2 rings (SSSR count). The lowest BCUT2D eigenvalue weighted by atomic mass is 10.1. The number of carboxylic acids is 1. The van der Waals surface area contributed by atoms with Gasteiger partial charge in [-0.1, -0.05) is 12.8 Å². The van der Waals surface area contributed by atoms with E-state index in [4.69, 9.17) is 9.52 Å². The predicted octanol–water partition coefficient (Wildman–Crippen LogP) is 2.09.